The first-order chi connectivity index (χ1) is 12.5. The molecule has 2 fully saturated rings. The smallest absolute Gasteiger partial charge is 0.256 e. The molecule has 0 saturated carbocycles. The highest BCUT2D eigenvalue weighted by molar-refractivity contribution is 9.10. The van der Waals surface area contributed by atoms with E-state index in [0.29, 0.717) is 43.2 Å². The first-order valence-electron chi connectivity index (χ1n) is 9.22. The lowest BCUT2D eigenvalue weighted by molar-refractivity contribution is -0.136. The van der Waals surface area contributed by atoms with E-state index in [1.165, 1.54) is 18.6 Å². The van der Waals surface area contributed by atoms with Crippen LogP contribution in [0.25, 0.3) is 0 Å². The van der Waals surface area contributed by atoms with Gasteiger partial charge in [-0.3, -0.25) is 14.5 Å². The molecular formula is C19H25BrFN3O2. The van der Waals surface area contributed by atoms with Crippen LogP contribution in [0.4, 0.5) is 4.39 Å². The first kappa shape index (κ1) is 19.3. The number of amides is 2. The topological polar surface area (TPSA) is 43.9 Å². The molecule has 1 aromatic carbocycles. The van der Waals surface area contributed by atoms with E-state index in [4.69, 9.17) is 0 Å². The summed E-state index contributed by atoms with van der Waals surface area (Å²) >= 11 is 3.28. The van der Waals surface area contributed by atoms with Gasteiger partial charge in [-0.05, 0) is 44.4 Å². The van der Waals surface area contributed by atoms with Crippen LogP contribution >= 0.6 is 15.9 Å². The van der Waals surface area contributed by atoms with Crippen LogP contribution in [0, 0.1) is 5.82 Å². The van der Waals surface area contributed by atoms with Gasteiger partial charge in [-0.25, -0.2) is 4.39 Å². The lowest BCUT2D eigenvalue weighted by Crippen LogP contribution is -2.53. The summed E-state index contributed by atoms with van der Waals surface area (Å²) in [4.78, 5) is 30.8. The van der Waals surface area contributed by atoms with Crippen LogP contribution in [-0.4, -0.2) is 71.8 Å². The summed E-state index contributed by atoms with van der Waals surface area (Å²) in [6.45, 7) is 5.64. The van der Waals surface area contributed by atoms with E-state index in [9.17, 15) is 14.0 Å². The third-order valence-electron chi connectivity index (χ3n) is 5.30. The monoisotopic (exact) mass is 425 g/mol. The van der Waals surface area contributed by atoms with Gasteiger partial charge in [-0.1, -0.05) is 15.9 Å². The fraction of sp³-hybridized carbons (Fsp3) is 0.579. The molecule has 2 aliphatic heterocycles. The van der Waals surface area contributed by atoms with Crippen molar-refractivity contribution < 1.29 is 14.0 Å². The molecule has 0 bridgehead atoms. The minimum absolute atomic E-state index is 0.0889. The van der Waals surface area contributed by atoms with Gasteiger partial charge >= 0.3 is 0 Å². The van der Waals surface area contributed by atoms with Crippen molar-refractivity contribution >= 4 is 27.7 Å². The average molecular weight is 426 g/mol. The summed E-state index contributed by atoms with van der Waals surface area (Å²) in [7, 11) is 0. The lowest BCUT2D eigenvalue weighted by atomic mass is 10.0. The number of rotatable bonds is 3. The van der Waals surface area contributed by atoms with Gasteiger partial charge in [0, 0.05) is 43.2 Å². The summed E-state index contributed by atoms with van der Waals surface area (Å²) in [5.74, 6) is -0.621. The molecule has 0 radical (unpaired) electrons. The maximum atomic E-state index is 13.9. The Morgan fingerprint density at radius 1 is 1.15 bits per heavy atom. The highest BCUT2D eigenvalue weighted by Crippen LogP contribution is 2.19. The SMILES string of the molecule is C[C@@H]1CCCCN1C(=O)CN1CCN(C(=O)c2cc(Br)ccc2F)CC1. The van der Waals surface area contributed by atoms with E-state index in [1.807, 2.05) is 4.90 Å². The molecule has 5 nitrogen and oxygen atoms in total. The number of carbonyl (C=O) groups is 2. The first-order valence-corrected chi connectivity index (χ1v) is 10.0. The second-order valence-electron chi connectivity index (χ2n) is 7.12. The maximum Gasteiger partial charge on any atom is 0.256 e. The van der Waals surface area contributed by atoms with Crippen LogP contribution in [0.2, 0.25) is 0 Å². The Balaban J connectivity index is 1.53. The number of likely N-dealkylation sites (tertiary alicyclic amines) is 1. The maximum absolute atomic E-state index is 13.9. The van der Waals surface area contributed by atoms with Crippen molar-refractivity contribution in [2.75, 3.05) is 39.3 Å². The second-order valence-corrected chi connectivity index (χ2v) is 8.04. The lowest BCUT2D eigenvalue weighted by Gasteiger charge is -2.38. The van der Waals surface area contributed by atoms with Gasteiger partial charge in [0.25, 0.3) is 5.91 Å². The van der Waals surface area contributed by atoms with Gasteiger partial charge in [-0.2, -0.15) is 0 Å². The van der Waals surface area contributed by atoms with E-state index in [2.05, 4.69) is 27.8 Å². The standard InChI is InChI=1S/C19H25BrFN3O2/c1-14-4-2-3-7-24(14)18(25)13-22-8-10-23(11-9-22)19(26)16-12-15(20)5-6-17(16)21/h5-6,12,14H,2-4,7-11,13H2,1H3/t14-/m1/s1. The van der Waals surface area contributed by atoms with Crippen LogP contribution in [0.15, 0.2) is 22.7 Å². The number of hydrogen-bond donors (Lipinski definition) is 0. The minimum Gasteiger partial charge on any atom is -0.339 e. The molecule has 2 aliphatic rings. The number of piperazine rings is 1. The van der Waals surface area contributed by atoms with Crippen molar-refractivity contribution in [3.05, 3.63) is 34.1 Å². The summed E-state index contributed by atoms with van der Waals surface area (Å²) in [5, 5.41) is 0. The van der Waals surface area contributed by atoms with E-state index in [0.717, 1.165) is 19.4 Å². The van der Waals surface area contributed by atoms with E-state index in [-0.39, 0.29) is 17.4 Å². The van der Waals surface area contributed by atoms with Crippen molar-refractivity contribution in [2.24, 2.45) is 0 Å². The highest BCUT2D eigenvalue weighted by atomic mass is 79.9. The van der Waals surface area contributed by atoms with Gasteiger partial charge in [-0.15, -0.1) is 0 Å². The molecule has 0 aliphatic carbocycles. The Morgan fingerprint density at radius 2 is 1.88 bits per heavy atom. The van der Waals surface area contributed by atoms with E-state index < -0.39 is 5.82 Å². The van der Waals surface area contributed by atoms with Crippen molar-refractivity contribution in [1.82, 2.24) is 14.7 Å². The number of hydrogen-bond acceptors (Lipinski definition) is 3. The molecule has 142 valence electrons. The van der Waals surface area contributed by atoms with Crippen molar-refractivity contribution in [3.63, 3.8) is 0 Å². The Labute approximate surface area is 162 Å². The predicted octanol–water partition coefficient (Wildman–Crippen LogP) is 2.75. The molecule has 0 aromatic heterocycles. The molecule has 1 atom stereocenters. The zero-order valence-electron chi connectivity index (χ0n) is 15.1. The van der Waals surface area contributed by atoms with Crippen molar-refractivity contribution in [3.8, 4) is 0 Å². The number of carbonyl (C=O) groups excluding carboxylic acids is 2. The summed E-state index contributed by atoms with van der Waals surface area (Å²) in [6.07, 6.45) is 3.35. The Kier molecular flexibility index (Phi) is 6.29. The van der Waals surface area contributed by atoms with Crippen LogP contribution < -0.4 is 0 Å². The molecule has 0 N–H and O–H groups in total. The van der Waals surface area contributed by atoms with Gasteiger partial charge in [0.2, 0.25) is 5.91 Å². The fourth-order valence-electron chi connectivity index (χ4n) is 3.69. The van der Waals surface area contributed by atoms with Crippen molar-refractivity contribution in [1.29, 1.82) is 0 Å². The summed E-state index contributed by atoms with van der Waals surface area (Å²) in [5.41, 5.74) is 0.0889. The molecule has 0 unspecified atom stereocenters. The Bertz CT molecular complexity index is 677. The number of halogens is 2. The molecular weight excluding hydrogens is 401 g/mol. The molecule has 1 aromatic rings. The molecule has 3 rings (SSSR count). The third-order valence-corrected chi connectivity index (χ3v) is 5.79. The van der Waals surface area contributed by atoms with E-state index in [1.54, 1.807) is 11.0 Å². The van der Waals surface area contributed by atoms with Crippen LogP contribution in [0.5, 0.6) is 0 Å². The van der Waals surface area contributed by atoms with Gasteiger partial charge in [0.05, 0.1) is 12.1 Å². The summed E-state index contributed by atoms with van der Waals surface area (Å²) < 4.78 is 14.6. The Hall–Kier alpha value is -1.47. The molecule has 2 saturated heterocycles. The number of nitrogens with zero attached hydrogens (tertiary/aromatic N) is 3. The van der Waals surface area contributed by atoms with Crippen molar-refractivity contribution in [2.45, 2.75) is 32.2 Å². The van der Waals surface area contributed by atoms with Gasteiger partial charge < -0.3 is 9.80 Å². The van der Waals surface area contributed by atoms with Gasteiger partial charge in [0.1, 0.15) is 5.82 Å². The molecule has 26 heavy (non-hydrogen) atoms. The largest absolute Gasteiger partial charge is 0.339 e. The zero-order valence-corrected chi connectivity index (χ0v) is 16.7. The van der Waals surface area contributed by atoms with Crippen LogP contribution in [0.1, 0.15) is 36.5 Å². The van der Waals surface area contributed by atoms with E-state index >= 15 is 0 Å². The van der Waals surface area contributed by atoms with Crippen LogP contribution in [0.3, 0.4) is 0 Å². The fourth-order valence-corrected chi connectivity index (χ4v) is 4.05. The second kappa shape index (κ2) is 8.48. The van der Waals surface area contributed by atoms with Gasteiger partial charge in [0.15, 0.2) is 0 Å². The van der Waals surface area contributed by atoms with Crippen LogP contribution in [-0.2, 0) is 4.79 Å². The molecule has 7 heteroatoms. The third kappa shape index (κ3) is 4.43. The Morgan fingerprint density at radius 3 is 2.58 bits per heavy atom. The molecule has 2 heterocycles. The quantitative estimate of drug-likeness (QED) is 0.747. The number of benzene rings is 1. The summed E-state index contributed by atoms with van der Waals surface area (Å²) in [6, 6.07) is 4.72. The number of piperidine rings is 1. The average Bonchev–Trinajstić information content (AvgIpc) is 2.64. The molecule has 2 amide bonds. The predicted molar refractivity (Wildman–Crippen MR) is 101 cm³/mol. The minimum atomic E-state index is -0.505. The normalized spacial score (nSPS) is 21.7. The zero-order chi connectivity index (χ0) is 18.7. The highest BCUT2D eigenvalue weighted by Gasteiger charge is 2.28. The molecule has 0 spiro atoms.